The van der Waals surface area contributed by atoms with Crippen LogP contribution in [0.3, 0.4) is 0 Å². The minimum atomic E-state index is -1.36. The lowest BCUT2D eigenvalue weighted by Crippen LogP contribution is -2.35. The second-order valence-electron chi connectivity index (χ2n) is 4.45. The third-order valence-electron chi connectivity index (χ3n) is 2.98. The van der Waals surface area contributed by atoms with E-state index in [1.54, 1.807) is 0 Å². The molecule has 0 saturated heterocycles. The number of alkyl halides is 2. The molecule has 0 fully saturated rings. The molecule has 0 aromatic heterocycles. The standard InChI is InChI=1S/C16H12Cl2N2/c17-16(18)19-14(12-7-3-1-4-8-12)11-15(20-16)13-9-5-2-6-10-13/h1-11,19H. The molecule has 2 aromatic carbocycles. The Morgan fingerprint density at radius 3 is 1.95 bits per heavy atom. The number of nitrogens with zero attached hydrogens (tertiary/aromatic N) is 1. The normalized spacial score (nSPS) is 16.9. The first kappa shape index (κ1) is 13.2. The molecule has 20 heavy (non-hydrogen) atoms. The Hall–Kier alpha value is -1.77. The summed E-state index contributed by atoms with van der Waals surface area (Å²) in [6.07, 6.45) is 1.95. The Labute approximate surface area is 127 Å². The molecule has 0 aliphatic carbocycles. The number of hydrogen-bond donors (Lipinski definition) is 1. The molecule has 0 atom stereocenters. The van der Waals surface area contributed by atoms with Gasteiger partial charge in [-0.05, 0) is 17.2 Å². The van der Waals surface area contributed by atoms with Crippen LogP contribution in [0.15, 0.2) is 71.7 Å². The van der Waals surface area contributed by atoms with E-state index in [4.69, 9.17) is 23.2 Å². The van der Waals surface area contributed by atoms with E-state index in [1.165, 1.54) is 0 Å². The van der Waals surface area contributed by atoms with Gasteiger partial charge in [-0.25, -0.2) is 4.99 Å². The van der Waals surface area contributed by atoms with E-state index in [0.717, 1.165) is 22.5 Å². The summed E-state index contributed by atoms with van der Waals surface area (Å²) in [5.74, 6) is 0. The second kappa shape index (κ2) is 5.31. The second-order valence-corrected chi connectivity index (χ2v) is 5.74. The predicted molar refractivity (Wildman–Crippen MR) is 85.0 cm³/mol. The van der Waals surface area contributed by atoms with Crippen molar-refractivity contribution in [3.05, 3.63) is 77.9 Å². The quantitative estimate of drug-likeness (QED) is 0.652. The van der Waals surface area contributed by atoms with Crippen LogP contribution in [-0.2, 0) is 0 Å². The SMILES string of the molecule is ClC1(Cl)N=C(c2ccccc2)C=C(c2ccccc2)N1. The summed E-state index contributed by atoms with van der Waals surface area (Å²) in [7, 11) is 0. The predicted octanol–water partition coefficient (Wildman–Crippen LogP) is 4.21. The first-order chi connectivity index (χ1) is 9.64. The van der Waals surface area contributed by atoms with E-state index >= 15 is 0 Å². The Kier molecular flexibility index (Phi) is 3.51. The summed E-state index contributed by atoms with van der Waals surface area (Å²) in [4.78, 5) is 4.32. The molecule has 0 amide bonds. The van der Waals surface area contributed by atoms with Gasteiger partial charge in [-0.2, -0.15) is 0 Å². The molecule has 1 N–H and O–H groups in total. The highest BCUT2D eigenvalue weighted by Gasteiger charge is 2.28. The van der Waals surface area contributed by atoms with Gasteiger partial charge in [0.1, 0.15) is 0 Å². The molecule has 2 nitrogen and oxygen atoms in total. The van der Waals surface area contributed by atoms with Gasteiger partial charge in [0.2, 0.25) is 0 Å². The first-order valence-corrected chi connectivity index (χ1v) is 6.98. The number of halogens is 2. The van der Waals surface area contributed by atoms with Gasteiger partial charge in [-0.1, -0.05) is 83.9 Å². The van der Waals surface area contributed by atoms with Crippen molar-refractivity contribution in [2.45, 2.75) is 4.58 Å². The largest absolute Gasteiger partial charge is 0.335 e. The Morgan fingerprint density at radius 1 is 0.800 bits per heavy atom. The zero-order valence-electron chi connectivity index (χ0n) is 10.6. The highest BCUT2D eigenvalue weighted by molar-refractivity contribution is 6.49. The Balaban J connectivity index is 2.05. The van der Waals surface area contributed by atoms with Crippen LogP contribution in [0.25, 0.3) is 5.70 Å². The van der Waals surface area contributed by atoms with Gasteiger partial charge >= 0.3 is 0 Å². The van der Waals surface area contributed by atoms with Crippen molar-refractivity contribution in [3.8, 4) is 0 Å². The summed E-state index contributed by atoms with van der Waals surface area (Å²) in [6, 6.07) is 19.7. The summed E-state index contributed by atoms with van der Waals surface area (Å²) in [5.41, 5.74) is 3.60. The average Bonchev–Trinajstić information content (AvgIpc) is 2.47. The van der Waals surface area contributed by atoms with Gasteiger partial charge in [-0.15, -0.1) is 0 Å². The molecule has 0 unspecified atom stereocenters. The molecule has 0 radical (unpaired) electrons. The van der Waals surface area contributed by atoms with Gasteiger partial charge in [0.15, 0.2) is 0 Å². The van der Waals surface area contributed by atoms with Crippen LogP contribution in [0.5, 0.6) is 0 Å². The van der Waals surface area contributed by atoms with Crippen molar-refractivity contribution in [3.63, 3.8) is 0 Å². The fourth-order valence-electron chi connectivity index (χ4n) is 2.08. The highest BCUT2D eigenvalue weighted by Crippen LogP contribution is 2.29. The molecule has 2 aromatic rings. The van der Waals surface area contributed by atoms with Crippen molar-refractivity contribution >= 4 is 34.6 Å². The summed E-state index contributed by atoms with van der Waals surface area (Å²) in [6.45, 7) is 0. The van der Waals surface area contributed by atoms with Gasteiger partial charge in [0.25, 0.3) is 4.58 Å². The van der Waals surface area contributed by atoms with E-state index in [0.29, 0.717) is 0 Å². The molecular formula is C16H12Cl2N2. The van der Waals surface area contributed by atoms with Crippen LogP contribution in [-0.4, -0.2) is 10.3 Å². The van der Waals surface area contributed by atoms with Crippen molar-refractivity contribution in [2.24, 2.45) is 4.99 Å². The molecule has 4 heteroatoms. The van der Waals surface area contributed by atoms with E-state index in [1.807, 2.05) is 66.7 Å². The highest BCUT2D eigenvalue weighted by atomic mass is 35.5. The van der Waals surface area contributed by atoms with Crippen molar-refractivity contribution in [1.29, 1.82) is 0 Å². The maximum absolute atomic E-state index is 6.19. The van der Waals surface area contributed by atoms with Crippen LogP contribution in [0.2, 0.25) is 0 Å². The number of benzene rings is 2. The fourth-order valence-corrected chi connectivity index (χ4v) is 2.46. The van der Waals surface area contributed by atoms with Crippen LogP contribution in [0.1, 0.15) is 11.1 Å². The third kappa shape index (κ3) is 2.87. The Bertz CT molecular complexity index is 661. The zero-order valence-corrected chi connectivity index (χ0v) is 12.1. The van der Waals surface area contributed by atoms with Crippen LogP contribution in [0.4, 0.5) is 0 Å². The first-order valence-electron chi connectivity index (χ1n) is 6.22. The minimum Gasteiger partial charge on any atom is -0.335 e. The van der Waals surface area contributed by atoms with Crippen molar-refractivity contribution in [2.75, 3.05) is 0 Å². The number of nitrogens with one attached hydrogen (secondary N) is 1. The molecule has 0 spiro atoms. The summed E-state index contributed by atoms with van der Waals surface area (Å²) < 4.78 is -1.36. The molecule has 100 valence electrons. The number of hydrogen-bond acceptors (Lipinski definition) is 2. The number of allylic oxidation sites excluding steroid dienone is 1. The average molecular weight is 303 g/mol. The number of rotatable bonds is 2. The maximum Gasteiger partial charge on any atom is 0.286 e. The lowest BCUT2D eigenvalue weighted by Gasteiger charge is -2.26. The van der Waals surface area contributed by atoms with E-state index in [-0.39, 0.29) is 0 Å². The topological polar surface area (TPSA) is 24.4 Å². The van der Waals surface area contributed by atoms with Crippen LogP contribution >= 0.6 is 23.2 Å². The molecule has 0 bridgehead atoms. The van der Waals surface area contributed by atoms with Crippen molar-refractivity contribution in [1.82, 2.24) is 5.32 Å². The van der Waals surface area contributed by atoms with E-state index in [2.05, 4.69) is 10.3 Å². The van der Waals surface area contributed by atoms with E-state index in [9.17, 15) is 0 Å². The lowest BCUT2D eigenvalue weighted by molar-refractivity contribution is 0.746. The van der Waals surface area contributed by atoms with Crippen LogP contribution in [0, 0.1) is 0 Å². The smallest absolute Gasteiger partial charge is 0.286 e. The summed E-state index contributed by atoms with van der Waals surface area (Å²) in [5, 5.41) is 3.01. The monoisotopic (exact) mass is 302 g/mol. The lowest BCUT2D eigenvalue weighted by atomic mass is 10.0. The van der Waals surface area contributed by atoms with E-state index < -0.39 is 4.58 Å². The van der Waals surface area contributed by atoms with Gasteiger partial charge < -0.3 is 5.32 Å². The maximum atomic E-state index is 6.19. The molecule has 1 heterocycles. The van der Waals surface area contributed by atoms with Gasteiger partial charge in [0.05, 0.1) is 5.71 Å². The minimum absolute atomic E-state index is 0.758. The number of aliphatic imine (C=N–C) groups is 1. The summed E-state index contributed by atoms with van der Waals surface area (Å²) >= 11 is 12.4. The van der Waals surface area contributed by atoms with Crippen LogP contribution < -0.4 is 5.32 Å². The van der Waals surface area contributed by atoms with Crippen molar-refractivity contribution < 1.29 is 0 Å². The Morgan fingerprint density at radius 2 is 1.35 bits per heavy atom. The van der Waals surface area contributed by atoms with Gasteiger partial charge in [0, 0.05) is 5.70 Å². The zero-order chi connectivity index (χ0) is 14.0. The molecule has 1 aliphatic rings. The molecule has 1 aliphatic heterocycles. The van der Waals surface area contributed by atoms with Gasteiger partial charge in [-0.3, -0.25) is 0 Å². The molecule has 0 saturated carbocycles. The molecule has 3 rings (SSSR count). The third-order valence-corrected chi connectivity index (χ3v) is 3.34. The fraction of sp³-hybridized carbons (Fsp3) is 0.0625. The molecular weight excluding hydrogens is 291 g/mol.